The lowest BCUT2D eigenvalue weighted by atomic mass is 10.2. The van der Waals surface area contributed by atoms with Gasteiger partial charge < -0.3 is 24.2 Å². The summed E-state index contributed by atoms with van der Waals surface area (Å²) >= 11 is 0. The molecular formula is C24H29N7O2. The van der Waals surface area contributed by atoms with Crippen LogP contribution in [-0.2, 0) is 4.74 Å². The summed E-state index contributed by atoms with van der Waals surface area (Å²) < 4.78 is 11.1. The fourth-order valence-electron chi connectivity index (χ4n) is 4.07. The van der Waals surface area contributed by atoms with Crippen molar-refractivity contribution in [2.45, 2.75) is 6.92 Å². The van der Waals surface area contributed by atoms with Crippen LogP contribution in [0.2, 0.25) is 0 Å². The summed E-state index contributed by atoms with van der Waals surface area (Å²) in [5.41, 5.74) is 0.948. The number of ether oxygens (including phenoxy) is 2. The maximum Gasteiger partial charge on any atom is 0.230 e. The van der Waals surface area contributed by atoms with Crippen molar-refractivity contribution >= 4 is 17.7 Å². The third kappa shape index (κ3) is 4.98. The summed E-state index contributed by atoms with van der Waals surface area (Å²) in [5.74, 6) is 3.96. The standard InChI is InChI=1S/C24H29N7O2/c1-2-33-20-8-6-19(7-9-20)22-26-23(28-24(27-22)31-15-17-32-18-16-31)30-13-11-29(12-14-30)21-5-3-4-10-25-21/h3-10H,2,11-18H2,1H3. The fourth-order valence-corrected chi connectivity index (χ4v) is 4.07. The van der Waals surface area contributed by atoms with Gasteiger partial charge in [0.15, 0.2) is 5.82 Å². The molecule has 172 valence electrons. The maximum absolute atomic E-state index is 5.59. The molecule has 0 saturated carbocycles. The smallest absolute Gasteiger partial charge is 0.230 e. The number of benzene rings is 1. The molecular weight excluding hydrogens is 418 g/mol. The van der Waals surface area contributed by atoms with Crippen molar-refractivity contribution in [3.05, 3.63) is 48.7 Å². The van der Waals surface area contributed by atoms with E-state index in [1.54, 1.807) is 0 Å². The summed E-state index contributed by atoms with van der Waals surface area (Å²) in [4.78, 5) is 25.8. The molecule has 2 fully saturated rings. The normalized spacial score (nSPS) is 16.7. The van der Waals surface area contributed by atoms with Crippen LogP contribution in [0.1, 0.15) is 6.92 Å². The first-order valence-corrected chi connectivity index (χ1v) is 11.5. The molecule has 2 aliphatic rings. The van der Waals surface area contributed by atoms with Gasteiger partial charge in [-0.1, -0.05) is 6.07 Å². The van der Waals surface area contributed by atoms with Crippen molar-refractivity contribution in [1.82, 2.24) is 19.9 Å². The van der Waals surface area contributed by atoms with Crippen LogP contribution in [0.5, 0.6) is 5.75 Å². The highest BCUT2D eigenvalue weighted by Crippen LogP contribution is 2.25. The minimum absolute atomic E-state index is 0.640. The van der Waals surface area contributed by atoms with Gasteiger partial charge in [-0.3, -0.25) is 0 Å². The molecule has 0 unspecified atom stereocenters. The van der Waals surface area contributed by atoms with Crippen LogP contribution >= 0.6 is 0 Å². The molecule has 1 aromatic carbocycles. The number of rotatable bonds is 6. The summed E-state index contributed by atoms with van der Waals surface area (Å²) in [6, 6.07) is 14.0. The van der Waals surface area contributed by atoms with Crippen molar-refractivity contribution in [3.63, 3.8) is 0 Å². The first-order chi connectivity index (χ1) is 16.3. The van der Waals surface area contributed by atoms with Crippen LogP contribution in [0.3, 0.4) is 0 Å². The van der Waals surface area contributed by atoms with Crippen LogP contribution in [0.25, 0.3) is 11.4 Å². The summed E-state index contributed by atoms with van der Waals surface area (Å²) in [6.45, 7) is 8.93. The number of hydrogen-bond donors (Lipinski definition) is 0. The van der Waals surface area contributed by atoms with Crippen molar-refractivity contribution in [2.75, 3.05) is 73.8 Å². The van der Waals surface area contributed by atoms with Crippen LogP contribution in [0.15, 0.2) is 48.7 Å². The number of morpholine rings is 1. The Morgan fingerprint density at radius 1 is 0.788 bits per heavy atom. The highest BCUT2D eigenvalue weighted by molar-refractivity contribution is 5.60. The largest absolute Gasteiger partial charge is 0.494 e. The van der Waals surface area contributed by atoms with E-state index in [1.807, 2.05) is 49.5 Å². The average molecular weight is 448 g/mol. The number of hydrogen-bond acceptors (Lipinski definition) is 9. The van der Waals surface area contributed by atoms with Crippen molar-refractivity contribution < 1.29 is 9.47 Å². The zero-order valence-electron chi connectivity index (χ0n) is 18.9. The number of aromatic nitrogens is 4. The molecule has 4 heterocycles. The van der Waals surface area contributed by atoms with E-state index in [4.69, 9.17) is 24.4 Å². The molecule has 2 aliphatic heterocycles. The second-order valence-electron chi connectivity index (χ2n) is 7.98. The van der Waals surface area contributed by atoms with Gasteiger partial charge in [0.05, 0.1) is 19.8 Å². The van der Waals surface area contributed by atoms with Crippen LogP contribution in [0, 0.1) is 0 Å². The van der Waals surface area contributed by atoms with E-state index in [0.29, 0.717) is 31.6 Å². The molecule has 0 atom stereocenters. The first kappa shape index (κ1) is 21.4. The van der Waals surface area contributed by atoms with Gasteiger partial charge in [0, 0.05) is 51.0 Å². The SMILES string of the molecule is CCOc1ccc(-c2nc(N3CCOCC3)nc(N3CCN(c4ccccn4)CC3)n2)cc1. The Balaban J connectivity index is 1.40. The molecule has 3 aromatic rings. The second kappa shape index (κ2) is 9.99. The van der Waals surface area contributed by atoms with Crippen LogP contribution in [-0.4, -0.2) is 79.0 Å². The number of pyridine rings is 1. The summed E-state index contributed by atoms with van der Waals surface area (Å²) in [7, 11) is 0. The zero-order valence-corrected chi connectivity index (χ0v) is 18.9. The maximum atomic E-state index is 5.59. The van der Waals surface area contributed by atoms with Gasteiger partial charge in [0.2, 0.25) is 11.9 Å². The van der Waals surface area contributed by atoms with Crippen molar-refractivity contribution in [2.24, 2.45) is 0 Å². The quantitative estimate of drug-likeness (QED) is 0.566. The summed E-state index contributed by atoms with van der Waals surface area (Å²) in [6.07, 6.45) is 1.84. The zero-order chi connectivity index (χ0) is 22.5. The van der Waals surface area contributed by atoms with E-state index in [9.17, 15) is 0 Å². The minimum Gasteiger partial charge on any atom is -0.494 e. The Morgan fingerprint density at radius 2 is 1.45 bits per heavy atom. The van der Waals surface area contributed by atoms with E-state index in [1.165, 1.54) is 0 Å². The van der Waals surface area contributed by atoms with Crippen LogP contribution < -0.4 is 19.4 Å². The molecule has 0 radical (unpaired) electrons. The lowest BCUT2D eigenvalue weighted by Crippen LogP contribution is -2.47. The Bertz CT molecular complexity index is 1030. The van der Waals surface area contributed by atoms with Gasteiger partial charge in [0.1, 0.15) is 11.6 Å². The molecule has 33 heavy (non-hydrogen) atoms. The van der Waals surface area contributed by atoms with Crippen LogP contribution in [0.4, 0.5) is 17.7 Å². The van der Waals surface area contributed by atoms with Gasteiger partial charge >= 0.3 is 0 Å². The number of anilines is 3. The summed E-state index contributed by atoms with van der Waals surface area (Å²) in [5, 5.41) is 0. The van der Waals surface area contributed by atoms with Crippen molar-refractivity contribution in [3.8, 4) is 17.1 Å². The molecule has 0 N–H and O–H groups in total. The average Bonchev–Trinajstić information content (AvgIpc) is 2.90. The lowest BCUT2D eigenvalue weighted by molar-refractivity contribution is 0.122. The molecule has 2 aromatic heterocycles. The Labute approximate surface area is 194 Å². The molecule has 2 saturated heterocycles. The topological polar surface area (TPSA) is 79.7 Å². The highest BCUT2D eigenvalue weighted by Gasteiger charge is 2.23. The van der Waals surface area contributed by atoms with E-state index in [2.05, 4.69) is 25.8 Å². The fraction of sp³-hybridized carbons (Fsp3) is 0.417. The molecule has 0 aliphatic carbocycles. The van der Waals surface area contributed by atoms with E-state index in [0.717, 1.165) is 62.3 Å². The Kier molecular flexibility index (Phi) is 6.48. The predicted molar refractivity (Wildman–Crippen MR) is 128 cm³/mol. The van der Waals surface area contributed by atoms with E-state index in [-0.39, 0.29) is 0 Å². The third-order valence-corrected chi connectivity index (χ3v) is 5.87. The van der Waals surface area contributed by atoms with Gasteiger partial charge in [-0.15, -0.1) is 0 Å². The van der Waals surface area contributed by atoms with Gasteiger partial charge in [-0.25, -0.2) is 4.98 Å². The third-order valence-electron chi connectivity index (χ3n) is 5.87. The first-order valence-electron chi connectivity index (χ1n) is 11.5. The highest BCUT2D eigenvalue weighted by atomic mass is 16.5. The molecule has 0 bridgehead atoms. The Hall–Kier alpha value is -3.46. The second-order valence-corrected chi connectivity index (χ2v) is 7.98. The van der Waals surface area contributed by atoms with Gasteiger partial charge in [-0.2, -0.15) is 15.0 Å². The van der Waals surface area contributed by atoms with Gasteiger partial charge in [-0.05, 0) is 43.3 Å². The van der Waals surface area contributed by atoms with Crippen molar-refractivity contribution in [1.29, 1.82) is 0 Å². The van der Waals surface area contributed by atoms with E-state index >= 15 is 0 Å². The molecule has 0 spiro atoms. The molecule has 9 heteroatoms. The number of piperazine rings is 1. The molecule has 5 rings (SSSR count). The molecule has 0 amide bonds. The van der Waals surface area contributed by atoms with Gasteiger partial charge in [0.25, 0.3) is 0 Å². The molecule has 9 nitrogen and oxygen atoms in total. The lowest BCUT2D eigenvalue weighted by Gasteiger charge is -2.36. The Morgan fingerprint density at radius 3 is 2.09 bits per heavy atom. The minimum atomic E-state index is 0.640. The number of nitrogens with zero attached hydrogens (tertiary/aromatic N) is 7. The predicted octanol–water partition coefficient (Wildman–Crippen LogP) is 2.50. The monoisotopic (exact) mass is 447 g/mol. The van der Waals surface area contributed by atoms with E-state index < -0.39 is 0 Å².